The predicted octanol–water partition coefficient (Wildman–Crippen LogP) is 1.30. The van der Waals surface area contributed by atoms with Gasteiger partial charge < -0.3 is 4.74 Å². The highest BCUT2D eigenvalue weighted by Crippen LogP contribution is 2.19. The summed E-state index contributed by atoms with van der Waals surface area (Å²) in [6, 6.07) is 0. The van der Waals surface area contributed by atoms with Crippen LogP contribution in [0.25, 0.3) is 0 Å². The van der Waals surface area contributed by atoms with Crippen molar-refractivity contribution in [1.29, 1.82) is 0 Å². The van der Waals surface area contributed by atoms with Crippen LogP contribution in [0.5, 0.6) is 0 Å². The zero-order chi connectivity index (χ0) is 6.85. The molecule has 1 saturated heterocycles. The molecule has 0 aromatic carbocycles. The number of rotatable bonds is 0. The lowest BCUT2D eigenvalue weighted by Gasteiger charge is -2.31. The lowest BCUT2D eigenvalue weighted by Crippen LogP contribution is -2.38. The molecular weight excluding hydrogens is 229 g/mol. The van der Waals surface area contributed by atoms with Crippen LogP contribution in [-0.4, -0.2) is 29.3 Å². The van der Waals surface area contributed by atoms with Crippen LogP contribution in [0.15, 0.2) is 0 Å². The van der Waals surface area contributed by atoms with E-state index in [2.05, 4.69) is 41.5 Å². The largest absolute Gasteiger partial charge is 0.352 e. The SMILES string of the molecule is C[C@@H]1CN(C)CO[C@H]1I. The summed E-state index contributed by atoms with van der Waals surface area (Å²) in [7, 11) is 2.08. The lowest BCUT2D eigenvalue weighted by atomic mass is 10.2. The van der Waals surface area contributed by atoms with Crippen LogP contribution < -0.4 is 0 Å². The fourth-order valence-corrected chi connectivity index (χ4v) is 1.38. The Labute approximate surface area is 69.7 Å². The van der Waals surface area contributed by atoms with Gasteiger partial charge in [-0.1, -0.05) is 29.5 Å². The van der Waals surface area contributed by atoms with Gasteiger partial charge in [-0.05, 0) is 7.05 Å². The van der Waals surface area contributed by atoms with Gasteiger partial charge in [-0.2, -0.15) is 0 Å². The molecule has 0 aliphatic carbocycles. The molecule has 1 fully saturated rings. The molecule has 0 amide bonds. The Hall–Kier alpha value is 0.650. The molecule has 1 aliphatic rings. The van der Waals surface area contributed by atoms with E-state index in [1.165, 1.54) is 0 Å². The van der Waals surface area contributed by atoms with Crippen molar-refractivity contribution >= 4 is 22.6 Å². The maximum absolute atomic E-state index is 5.41. The van der Waals surface area contributed by atoms with E-state index in [9.17, 15) is 0 Å². The van der Waals surface area contributed by atoms with Gasteiger partial charge in [-0.15, -0.1) is 0 Å². The monoisotopic (exact) mass is 241 g/mol. The average Bonchev–Trinajstić information content (AvgIpc) is 1.80. The van der Waals surface area contributed by atoms with Gasteiger partial charge in [-0.25, -0.2) is 0 Å². The second-order valence-corrected chi connectivity index (χ2v) is 3.89. The van der Waals surface area contributed by atoms with Crippen LogP contribution in [0.1, 0.15) is 6.92 Å². The van der Waals surface area contributed by atoms with Crippen LogP contribution >= 0.6 is 22.6 Å². The van der Waals surface area contributed by atoms with E-state index >= 15 is 0 Å². The van der Waals surface area contributed by atoms with Crippen LogP contribution in [-0.2, 0) is 4.74 Å². The minimum Gasteiger partial charge on any atom is -0.352 e. The van der Waals surface area contributed by atoms with Crippen molar-refractivity contribution in [3.8, 4) is 0 Å². The first-order valence-electron chi connectivity index (χ1n) is 3.14. The molecule has 0 aromatic heterocycles. The van der Waals surface area contributed by atoms with E-state index in [1.54, 1.807) is 0 Å². The van der Waals surface area contributed by atoms with Crippen molar-refractivity contribution in [3.63, 3.8) is 0 Å². The molecule has 1 heterocycles. The molecule has 9 heavy (non-hydrogen) atoms. The van der Waals surface area contributed by atoms with Gasteiger partial charge in [0.25, 0.3) is 0 Å². The van der Waals surface area contributed by atoms with E-state index in [0.29, 0.717) is 10.0 Å². The minimum atomic E-state index is 0.416. The fourth-order valence-electron chi connectivity index (χ4n) is 0.990. The van der Waals surface area contributed by atoms with Crippen molar-refractivity contribution < 1.29 is 4.74 Å². The summed E-state index contributed by atoms with van der Waals surface area (Å²) in [6.07, 6.45) is 0. The Morgan fingerprint density at radius 3 is 2.78 bits per heavy atom. The topological polar surface area (TPSA) is 12.5 Å². The molecule has 0 aromatic rings. The standard InChI is InChI=1S/C6H12INO/c1-5-3-8(2)4-9-6(5)7/h5-6H,3-4H2,1-2H3/t5-,6-/m1/s1. The summed E-state index contributed by atoms with van der Waals surface area (Å²) >= 11 is 2.34. The third-order valence-corrected chi connectivity index (χ3v) is 3.09. The van der Waals surface area contributed by atoms with Gasteiger partial charge in [0.2, 0.25) is 0 Å². The highest BCUT2D eigenvalue weighted by molar-refractivity contribution is 14.1. The molecule has 0 bridgehead atoms. The normalized spacial score (nSPS) is 39.0. The molecular formula is C6H12INO. The van der Waals surface area contributed by atoms with Crippen LogP contribution in [0.4, 0.5) is 0 Å². The Morgan fingerprint density at radius 1 is 1.67 bits per heavy atom. The molecule has 3 heteroatoms. The Balaban J connectivity index is 2.35. The highest BCUT2D eigenvalue weighted by Gasteiger charge is 2.21. The van der Waals surface area contributed by atoms with Gasteiger partial charge in [0, 0.05) is 12.5 Å². The second-order valence-electron chi connectivity index (χ2n) is 2.66. The first kappa shape index (κ1) is 7.75. The summed E-state index contributed by atoms with van der Waals surface area (Å²) in [4.78, 5) is 2.19. The number of hydrogen-bond acceptors (Lipinski definition) is 2. The van der Waals surface area contributed by atoms with Crippen molar-refractivity contribution in [3.05, 3.63) is 0 Å². The first-order valence-corrected chi connectivity index (χ1v) is 4.39. The Bertz CT molecular complexity index is 99.1. The number of ether oxygens (including phenoxy) is 1. The number of halogens is 1. The summed E-state index contributed by atoms with van der Waals surface area (Å²) in [5.74, 6) is 0.671. The smallest absolute Gasteiger partial charge is 0.114 e. The molecule has 2 nitrogen and oxygen atoms in total. The molecule has 54 valence electrons. The Morgan fingerprint density at radius 2 is 2.33 bits per heavy atom. The molecule has 0 spiro atoms. The van der Waals surface area contributed by atoms with Crippen molar-refractivity contribution in [2.75, 3.05) is 20.3 Å². The summed E-state index contributed by atoms with van der Waals surface area (Å²) in [6.45, 7) is 4.16. The van der Waals surface area contributed by atoms with E-state index in [-0.39, 0.29) is 0 Å². The quantitative estimate of drug-likeness (QED) is 0.468. The van der Waals surface area contributed by atoms with Crippen LogP contribution in [0.3, 0.4) is 0 Å². The van der Waals surface area contributed by atoms with E-state index in [1.807, 2.05) is 0 Å². The van der Waals surface area contributed by atoms with Crippen LogP contribution in [0, 0.1) is 5.92 Å². The van der Waals surface area contributed by atoms with E-state index < -0.39 is 0 Å². The Kier molecular flexibility index (Phi) is 2.73. The van der Waals surface area contributed by atoms with Crippen molar-refractivity contribution in [2.45, 2.75) is 11.0 Å². The maximum Gasteiger partial charge on any atom is 0.114 e. The van der Waals surface area contributed by atoms with E-state index in [0.717, 1.165) is 13.3 Å². The minimum absolute atomic E-state index is 0.416. The van der Waals surface area contributed by atoms with Gasteiger partial charge in [0.15, 0.2) is 0 Å². The average molecular weight is 241 g/mol. The summed E-state index contributed by atoms with van der Waals surface area (Å²) in [5.41, 5.74) is 0. The third-order valence-electron chi connectivity index (χ3n) is 1.50. The third kappa shape index (κ3) is 2.05. The predicted molar refractivity (Wildman–Crippen MR) is 45.6 cm³/mol. The zero-order valence-electron chi connectivity index (χ0n) is 5.80. The number of alkyl halides is 1. The van der Waals surface area contributed by atoms with Gasteiger partial charge in [0.05, 0.1) is 0 Å². The number of hydrogen-bond donors (Lipinski definition) is 0. The molecule has 0 saturated carbocycles. The molecule has 2 atom stereocenters. The van der Waals surface area contributed by atoms with Gasteiger partial charge in [0.1, 0.15) is 10.8 Å². The fraction of sp³-hybridized carbons (Fsp3) is 1.00. The van der Waals surface area contributed by atoms with E-state index in [4.69, 9.17) is 4.74 Å². The van der Waals surface area contributed by atoms with Gasteiger partial charge >= 0.3 is 0 Å². The number of nitrogens with zero attached hydrogens (tertiary/aromatic N) is 1. The molecule has 0 unspecified atom stereocenters. The van der Waals surface area contributed by atoms with Crippen molar-refractivity contribution in [1.82, 2.24) is 4.90 Å². The first-order chi connectivity index (χ1) is 4.20. The second kappa shape index (κ2) is 3.16. The lowest BCUT2D eigenvalue weighted by molar-refractivity contribution is -0.0382. The highest BCUT2D eigenvalue weighted by atomic mass is 127. The maximum atomic E-state index is 5.41. The van der Waals surface area contributed by atoms with Gasteiger partial charge in [-0.3, -0.25) is 4.90 Å². The molecule has 1 rings (SSSR count). The molecule has 0 radical (unpaired) electrons. The zero-order valence-corrected chi connectivity index (χ0v) is 7.96. The summed E-state index contributed by atoms with van der Waals surface area (Å²) in [5, 5.41) is 0. The van der Waals surface area contributed by atoms with Crippen LogP contribution in [0.2, 0.25) is 0 Å². The molecule has 0 N–H and O–H groups in total. The molecule has 1 aliphatic heterocycles. The summed E-state index contributed by atoms with van der Waals surface area (Å²) < 4.78 is 5.83. The van der Waals surface area contributed by atoms with Crippen molar-refractivity contribution in [2.24, 2.45) is 5.92 Å².